The van der Waals surface area contributed by atoms with Crippen LogP contribution in [0.25, 0.3) is 0 Å². The molecule has 3 aliphatic rings. The summed E-state index contributed by atoms with van der Waals surface area (Å²) in [6.45, 7) is 21.2. The standard InChI is InChI=1S/C35H52O5/c1-21(2)12-14-25-20-34(19-16-23(5)6)29(37)26(15-13-22(3)4)30-35(31(34)38,28(36)24(7)8)33(25,11)18-17-27(40-30)32(9,10)39/h12-13,16,24-25,27,39H,14-15,17-20H2,1-11H3/t25-,27-,33+,34+,35-/m0/s1. The van der Waals surface area contributed by atoms with Gasteiger partial charge in [-0.25, -0.2) is 0 Å². The smallest absolute Gasteiger partial charge is 0.176 e. The van der Waals surface area contributed by atoms with Crippen LogP contribution < -0.4 is 0 Å². The summed E-state index contributed by atoms with van der Waals surface area (Å²) in [7, 11) is 0. The van der Waals surface area contributed by atoms with Gasteiger partial charge in [0.15, 0.2) is 22.8 Å². The number of ketones is 3. The fraction of sp³-hybridized carbons (Fsp3) is 0.686. The summed E-state index contributed by atoms with van der Waals surface area (Å²) >= 11 is 0. The van der Waals surface area contributed by atoms with E-state index in [-0.39, 0.29) is 35.4 Å². The second kappa shape index (κ2) is 11.2. The van der Waals surface area contributed by atoms with Crippen LogP contribution >= 0.6 is 0 Å². The summed E-state index contributed by atoms with van der Waals surface area (Å²) in [5.74, 6) is -0.985. The lowest BCUT2D eigenvalue weighted by molar-refractivity contribution is -0.178. The molecule has 5 nitrogen and oxygen atoms in total. The highest BCUT2D eigenvalue weighted by Crippen LogP contribution is 2.70. The van der Waals surface area contributed by atoms with Gasteiger partial charge in [0.25, 0.3) is 0 Å². The highest BCUT2D eigenvalue weighted by atomic mass is 16.5. The van der Waals surface area contributed by atoms with Crippen molar-refractivity contribution >= 4 is 17.3 Å². The van der Waals surface area contributed by atoms with E-state index >= 15 is 4.79 Å². The number of hydrogen-bond acceptors (Lipinski definition) is 5. The first-order chi connectivity index (χ1) is 18.4. The van der Waals surface area contributed by atoms with Crippen LogP contribution in [0.3, 0.4) is 0 Å². The molecule has 1 heterocycles. The van der Waals surface area contributed by atoms with Crippen LogP contribution in [-0.4, -0.2) is 34.2 Å². The molecule has 5 atom stereocenters. The highest BCUT2D eigenvalue weighted by Gasteiger charge is 2.77. The average Bonchev–Trinajstić information content (AvgIpc) is 2.98. The van der Waals surface area contributed by atoms with Crippen LogP contribution in [0.2, 0.25) is 0 Å². The lowest BCUT2D eigenvalue weighted by Crippen LogP contribution is -2.69. The van der Waals surface area contributed by atoms with Crippen LogP contribution in [0.5, 0.6) is 0 Å². The molecule has 0 amide bonds. The molecule has 1 N–H and O–H groups in total. The number of carbonyl (C=O) groups is 3. The number of fused-ring (bicyclic) bond motifs is 1. The average molecular weight is 553 g/mol. The first-order valence-electron chi connectivity index (χ1n) is 15.0. The van der Waals surface area contributed by atoms with Crippen LogP contribution in [0.15, 0.2) is 46.3 Å². The Bertz CT molecular complexity index is 1180. The van der Waals surface area contributed by atoms with Crippen LogP contribution in [0.4, 0.5) is 0 Å². The Morgan fingerprint density at radius 3 is 2.10 bits per heavy atom. The molecule has 2 bridgehead atoms. The number of hydrogen-bond donors (Lipinski definition) is 1. The number of aliphatic hydroxyl groups is 1. The maximum absolute atomic E-state index is 15.2. The summed E-state index contributed by atoms with van der Waals surface area (Å²) in [6, 6.07) is 0. The third-order valence-corrected chi connectivity index (χ3v) is 9.70. The van der Waals surface area contributed by atoms with Crippen molar-refractivity contribution in [3.05, 3.63) is 46.3 Å². The minimum Gasteiger partial charge on any atom is -0.490 e. The second-order valence-electron chi connectivity index (χ2n) is 14.4. The Balaban J connectivity index is 2.57. The van der Waals surface area contributed by atoms with Gasteiger partial charge >= 0.3 is 0 Å². The van der Waals surface area contributed by atoms with Crippen molar-refractivity contribution in [1.82, 2.24) is 0 Å². The number of Topliss-reactive ketones (excluding diaryl/α,β-unsaturated/α-hetero) is 3. The van der Waals surface area contributed by atoms with Crippen molar-refractivity contribution in [2.75, 3.05) is 0 Å². The van der Waals surface area contributed by atoms with Crippen molar-refractivity contribution in [2.24, 2.45) is 28.1 Å². The zero-order valence-corrected chi connectivity index (χ0v) is 26.8. The predicted molar refractivity (Wildman–Crippen MR) is 161 cm³/mol. The van der Waals surface area contributed by atoms with E-state index in [2.05, 4.69) is 26.8 Å². The van der Waals surface area contributed by atoms with Gasteiger partial charge in [0.2, 0.25) is 0 Å². The van der Waals surface area contributed by atoms with E-state index in [1.165, 1.54) is 5.57 Å². The van der Waals surface area contributed by atoms with Gasteiger partial charge in [-0.2, -0.15) is 0 Å². The van der Waals surface area contributed by atoms with E-state index < -0.39 is 33.9 Å². The molecule has 0 aromatic rings. The molecule has 3 rings (SSSR count). The summed E-state index contributed by atoms with van der Waals surface area (Å²) in [6.07, 6.45) is 8.18. The Kier molecular flexibility index (Phi) is 9.02. The van der Waals surface area contributed by atoms with E-state index in [1.807, 2.05) is 53.7 Å². The van der Waals surface area contributed by atoms with E-state index in [0.717, 1.165) is 11.1 Å². The molecule has 222 valence electrons. The van der Waals surface area contributed by atoms with E-state index in [0.29, 0.717) is 37.7 Å². The molecule has 1 aliphatic heterocycles. The molecule has 40 heavy (non-hydrogen) atoms. The van der Waals surface area contributed by atoms with Gasteiger partial charge in [-0.3, -0.25) is 14.4 Å². The zero-order valence-electron chi connectivity index (χ0n) is 26.8. The summed E-state index contributed by atoms with van der Waals surface area (Å²) in [4.78, 5) is 44.8. The molecule has 1 saturated heterocycles. The Hall–Kier alpha value is -2.27. The van der Waals surface area contributed by atoms with E-state index in [4.69, 9.17) is 4.74 Å². The normalized spacial score (nSPS) is 31.8. The molecule has 2 fully saturated rings. The minimum absolute atomic E-state index is 0.0959. The Morgan fingerprint density at radius 1 is 1.02 bits per heavy atom. The molecule has 0 unspecified atom stereocenters. The fourth-order valence-corrected chi connectivity index (χ4v) is 7.32. The van der Waals surface area contributed by atoms with Crippen LogP contribution in [0, 0.1) is 28.1 Å². The fourth-order valence-electron chi connectivity index (χ4n) is 7.32. The second-order valence-corrected chi connectivity index (χ2v) is 14.4. The monoisotopic (exact) mass is 552 g/mol. The predicted octanol–water partition coefficient (Wildman–Crippen LogP) is 7.64. The molecular weight excluding hydrogens is 500 g/mol. The Morgan fingerprint density at radius 2 is 1.60 bits per heavy atom. The zero-order chi connectivity index (χ0) is 30.4. The molecule has 0 spiro atoms. The molecule has 2 aliphatic carbocycles. The van der Waals surface area contributed by atoms with Crippen molar-refractivity contribution in [1.29, 1.82) is 0 Å². The van der Waals surface area contributed by atoms with E-state index in [1.54, 1.807) is 13.8 Å². The van der Waals surface area contributed by atoms with E-state index in [9.17, 15) is 14.7 Å². The number of carbonyl (C=O) groups excluding carboxylic acids is 3. The first kappa shape index (κ1) is 32.2. The third kappa shape index (κ3) is 5.12. The first-order valence-corrected chi connectivity index (χ1v) is 15.0. The third-order valence-electron chi connectivity index (χ3n) is 9.70. The number of ether oxygens (including phenoxy) is 1. The highest BCUT2D eigenvalue weighted by molar-refractivity contribution is 6.27. The van der Waals surface area contributed by atoms with Crippen LogP contribution in [-0.2, 0) is 19.1 Å². The van der Waals surface area contributed by atoms with Gasteiger partial charge in [0.1, 0.15) is 11.9 Å². The summed E-state index contributed by atoms with van der Waals surface area (Å²) in [5.41, 5.74) is -1.24. The van der Waals surface area contributed by atoms with Gasteiger partial charge in [-0.1, -0.05) is 55.7 Å². The summed E-state index contributed by atoms with van der Waals surface area (Å²) < 4.78 is 6.71. The Labute approximate surface area is 242 Å². The molecule has 0 aromatic carbocycles. The maximum Gasteiger partial charge on any atom is 0.176 e. The van der Waals surface area contributed by atoms with Crippen molar-refractivity contribution in [3.8, 4) is 0 Å². The molecule has 0 radical (unpaired) electrons. The topological polar surface area (TPSA) is 80.7 Å². The largest absolute Gasteiger partial charge is 0.490 e. The minimum atomic E-state index is -1.59. The SMILES string of the molecule is CC(C)=CCC1=C2O[C@H](C(C)(C)O)CC[C@]3(C)[C@@H](CC=C(C)C)C[C@](CC=C(C)C)(C1=O)C(=O)[C@]23C(=O)C(C)C. The van der Waals surface area contributed by atoms with Gasteiger partial charge in [-0.15, -0.1) is 0 Å². The number of rotatable bonds is 9. The van der Waals surface area contributed by atoms with Gasteiger partial charge in [-0.05, 0) is 105 Å². The number of allylic oxidation sites excluding steroid dienone is 8. The molecule has 1 saturated carbocycles. The lowest BCUT2D eigenvalue weighted by atomic mass is 9.38. The quantitative estimate of drug-likeness (QED) is 0.235. The molecular formula is C35H52O5. The van der Waals surface area contributed by atoms with Crippen molar-refractivity contribution < 1.29 is 24.2 Å². The van der Waals surface area contributed by atoms with Gasteiger partial charge < -0.3 is 9.84 Å². The van der Waals surface area contributed by atoms with Crippen LogP contribution in [0.1, 0.15) is 115 Å². The summed E-state index contributed by atoms with van der Waals surface area (Å²) in [5, 5.41) is 11.2. The van der Waals surface area contributed by atoms with Gasteiger partial charge in [0.05, 0.1) is 11.0 Å². The van der Waals surface area contributed by atoms with Gasteiger partial charge in [0, 0.05) is 11.5 Å². The lowest BCUT2D eigenvalue weighted by Gasteiger charge is -2.61. The van der Waals surface area contributed by atoms with Crippen molar-refractivity contribution in [2.45, 2.75) is 126 Å². The maximum atomic E-state index is 15.2. The molecule has 0 aromatic heterocycles. The van der Waals surface area contributed by atoms with Crippen molar-refractivity contribution in [3.63, 3.8) is 0 Å². The molecule has 5 heteroatoms.